The Bertz CT molecular complexity index is 351. The smallest absolute Gasteiger partial charge is 0.246 e. The maximum absolute atomic E-state index is 11.4. The number of hydrogen-bond donors (Lipinski definition) is 1. The van der Waals surface area contributed by atoms with Gasteiger partial charge in [0.15, 0.2) is 0 Å². The van der Waals surface area contributed by atoms with Gasteiger partial charge >= 0.3 is 0 Å². The van der Waals surface area contributed by atoms with Gasteiger partial charge in [0.25, 0.3) is 0 Å². The van der Waals surface area contributed by atoms with Crippen LogP contribution >= 0.6 is 11.3 Å². The number of carbonyl (C=O) groups is 1. The maximum atomic E-state index is 11.4. The van der Waals surface area contributed by atoms with Crippen molar-refractivity contribution in [2.45, 2.75) is 20.0 Å². The van der Waals surface area contributed by atoms with Gasteiger partial charge in [0, 0.05) is 30.0 Å². The summed E-state index contributed by atoms with van der Waals surface area (Å²) < 4.78 is 10.4. The minimum Gasteiger partial charge on any atom is -0.374 e. The number of methoxy groups -OCH3 is 1. The zero-order chi connectivity index (χ0) is 12.7. The predicted molar refractivity (Wildman–Crippen MR) is 68.3 cm³/mol. The highest BCUT2D eigenvalue weighted by atomic mass is 32.1. The average Bonchev–Trinajstić information content (AvgIpc) is 2.74. The van der Waals surface area contributed by atoms with E-state index in [4.69, 9.17) is 9.47 Å². The predicted octanol–water partition coefficient (Wildman–Crippen LogP) is 1.90. The van der Waals surface area contributed by atoms with Gasteiger partial charge in [-0.05, 0) is 26.0 Å². The van der Waals surface area contributed by atoms with Crippen LogP contribution in [0.25, 0.3) is 0 Å². The molecule has 5 heteroatoms. The van der Waals surface area contributed by atoms with Crippen molar-refractivity contribution in [2.75, 3.05) is 26.9 Å². The summed E-state index contributed by atoms with van der Waals surface area (Å²) in [5, 5.41) is 2.79. The summed E-state index contributed by atoms with van der Waals surface area (Å²) in [5.74, 6) is -0.109. The van der Waals surface area contributed by atoms with Crippen molar-refractivity contribution in [2.24, 2.45) is 0 Å². The van der Waals surface area contributed by atoms with E-state index in [1.807, 2.05) is 19.1 Å². The third-order valence-electron chi connectivity index (χ3n) is 2.28. The maximum Gasteiger partial charge on any atom is 0.246 e. The SMILES string of the molecule is CCOCC(=O)NC[C@H](OC)c1ccc(C)s1. The minimum absolute atomic E-state index is 0.0840. The first-order chi connectivity index (χ1) is 8.17. The van der Waals surface area contributed by atoms with Gasteiger partial charge in [0.1, 0.15) is 12.7 Å². The number of rotatable bonds is 7. The van der Waals surface area contributed by atoms with E-state index in [1.54, 1.807) is 18.4 Å². The summed E-state index contributed by atoms with van der Waals surface area (Å²) >= 11 is 1.68. The van der Waals surface area contributed by atoms with E-state index >= 15 is 0 Å². The summed E-state index contributed by atoms with van der Waals surface area (Å²) in [6, 6.07) is 4.08. The largest absolute Gasteiger partial charge is 0.374 e. The Balaban J connectivity index is 2.40. The molecule has 0 unspecified atom stereocenters. The summed E-state index contributed by atoms with van der Waals surface area (Å²) in [7, 11) is 1.65. The Morgan fingerprint density at radius 2 is 2.29 bits per heavy atom. The molecule has 0 aromatic carbocycles. The summed E-state index contributed by atoms with van der Waals surface area (Å²) in [6.45, 7) is 5.04. The molecule has 17 heavy (non-hydrogen) atoms. The minimum atomic E-state index is -0.109. The summed E-state index contributed by atoms with van der Waals surface area (Å²) in [4.78, 5) is 13.7. The normalized spacial score (nSPS) is 12.4. The Morgan fingerprint density at radius 3 is 2.82 bits per heavy atom. The molecule has 4 nitrogen and oxygen atoms in total. The van der Waals surface area contributed by atoms with Gasteiger partial charge in [-0.2, -0.15) is 0 Å². The van der Waals surface area contributed by atoms with Crippen molar-refractivity contribution >= 4 is 17.2 Å². The molecule has 0 bridgehead atoms. The quantitative estimate of drug-likeness (QED) is 0.811. The fourth-order valence-corrected chi connectivity index (χ4v) is 2.33. The Morgan fingerprint density at radius 1 is 1.53 bits per heavy atom. The number of carbonyl (C=O) groups excluding carboxylic acids is 1. The molecule has 1 atom stereocenters. The molecule has 0 fully saturated rings. The monoisotopic (exact) mass is 257 g/mol. The van der Waals surface area contributed by atoms with E-state index < -0.39 is 0 Å². The molecule has 0 radical (unpaired) electrons. The standard InChI is InChI=1S/C12H19NO3S/c1-4-16-8-12(14)13-7-10(15-3)11-6-5-9(2)17-11/h5-6,10H,4,7-8H2,1-3H3,(H,13,14)/t10-/m0/s1. The van der Waals surface area contributed by atoms with Crippen molar-refractivity contribution in [3.05, 3.63) is 21.9 Å². The topological polar surface area (TPSA) is 47.6 Å². The van der Waals surface area contributed by atoms with E-state index in [0.29, 0.717) is 13.2 Å². The van der Waals surface area contributed by atoms with E-state index in [0.717, 1.165) is 4.88 Å². The van der Waals surface area contributed by atoms with Gasteiger partial charge in [-0.15, -0.1) is 11.3 Å². The number of thiophene rings is 1. The molecule has 0 saturated carbocycles. The van der Waals surface area contributed by atoms with Crippen LogP contribution in [-0.4, -0.2) is 32.8 Å². The van der Waals surface area contributed by atoms with Crippen molar-refractivity contribution in [3.63, 3.8) is 0 Å². The van der Waals surface area contributed by atoms with Crippen LogP contribution in [0.2, 0.25) is 0 Å². The number of nitrogens with one attached hydrogen (secondary N) is 1. The second kappa shape index (κ2) is 7.42. The highest BCUT2D eigenvalue weighted by Crippen LogP contribution is 2.24. The summed E-state index contributed by atoms with van der Waals surface area (Å²) in [5.41, 5.74) is 0. The molecular weight excluding hydrogens is 238 g/mol. The molecule has 1 heterocycles. The van der Waals surface area contributed by atoms with Crippen molar-refractivity contribution < 1.29 is 14.3 Å². The van der Waals surface area contributed by atoms with Gasteiger partial charge in [-0.3, -0.25) is 4.79 Å². The van der Waals surface area contributed by atoms with E-state index in [9.17, 15) is 4.79 Å². The lowest BCUT2D eigenvalue weighted by Crippen LogP contribution is -2.31. The Kier molecular flexibility index (Phi) is 6.18. The third-order valence-corrected chi connectivity index (χ3v) is 3.38. The molecule has 1 amide bonds. The van der Waals surface area contributed by atoms with Crippen molar-refractivity contribution in [1.82, 2.24) is 5.32 Å². The molecular formula is C12H19NO3S. The molecule has 96 valence electrons. The number of amides is 1. The fourth-order valence-electron chi connectivity index (χ4n) is 1.38. The van der Waals surface area contributed by atoms with Gasteiger partial charge in [0.05, 0.1) is 0 Å². The second-order valence-corrected chi connectivity index (χ2v) is 4.93. The van der Waals surface area contributed by atoms with Crippen LogP contribution in [0, 0.1) is 6.92 Å². The highest BCUT2D eigenvalue weighted by Gasteiger charge is 2.13. The zero-order valence-corrected chi connectivity index (χ0v) is 11.3. The molecule has 0 aliphatic carbocycles. The number of ether oxygens (including phenoxy) is 2. The van der Waals surface area contributed by atoms with Gasteiger partial charge < -0.3 is 14.8 Å². The van der Waals surface area contributed by atoms with E-state index in [-0.39, 0.29) is 18.6 Å². The van der Waals surface area contributed by atoms with Crippen LogP contribution in [0.5, 0.6) is 0 Å². The van der Waals surface area contributed by atoms with Crippen molar-refractivity contribution in [1.29, 1.82) is 0 Å². The van der Waals surface area contributed by atoms with Crippen LogP contribution in [-0.2, 0) is 14.3 Å². The third kappa shape index (κ3) is 4.85. The molecule has 1 rings (SSSR count). The van der Waals surface area contributed by atoms with Crippen molar-refractivity contribution in [3.8, 4) is 0 Å². The average molecular weight is 257 g/mol. The number of aryl methyl sites for hydroxylation is 1. The molecule has 0 aliphatic rings. The van der Waals surface area contributed by atoms with Crippen LogP contribution in [0.3, 0.4) is 0 Å². The van der Waals surface area contributed by atoms with Crippen LogP contribution in [0.15, 0.2) is 12.1 Å². The first-order valence-corrected chi connectivity index (χ1v) is 6.42. The lowest BCUT2D eigenvalue weighted by Gasteiger charge is -2.14. The van der Waals surface area contributed by atoms with Gasteiger partial charge in [-0.25, -0.2) is 0 Å². The van der Waals surface area contributed by atoms with E-state index in [2.05, 4.69) is 12.2 Å². The van der Waals surface area contributed by atoms with Crippen LogP contribution in [0.1, 0.15) is 22.8 Å². The second-order valence-electron chi connectivity index (χ2n) is 3.61. The fraction of sp³-hybridized carbons (Fsp3) is 0.583. The van der Waals surface area contributed by atoms with Gasteiger partial charge in [0.2, 0.25) is 5.91 Å². The molecule has 0 spiro atoms. The Hall–Kier alpha value is -0.910. The first kappa shape index (κ1) is 14.2. The molecule has 0 saturated heterocycles. The van der Waals surface area contributed by atoms with E-state index in [1.165, 1.54) is 4.88 Å². The lowest BCUT2D eigenvalue weighted by molar-refractivity contribution is -0.126. The first-order valence-electron chi connectivity index (χ1n) is 5.61. The lowest BCUT2D eigenvalue weighted by atomic mass is 10.3. The van der Waals surface area contributed by atoms with Gasteiger partial charge in [-0.1, -0.05) is 0 Å². The van der Waals surface area contributed by atoms with Crippen LogP contribution < -0.4 is 5.32 Å². The molecule has 1 aromatic rings. The molecule has 0 aliphatic heterocycles. The molecule has 1 N–H and O–H groups in total. The summed E-state index contributed by atoms with van der Waals surface area (Å²) in [6.07, 6.45) is -0.0840. The van der Waals surface area contributed by atoms with Crippen LogP contribution in [0.4, 0.5) is 0 Å². The Labute approximate surface area is 106 Å². The highest BCUT2D eigenvalue weighted by molar-refractivity contribution is 7.12. The molecule has 1 aromatic heterocycles. The number of hydrogen-bond acceptors (Lipinski definition) is 4. The zero-order valence-electron chi connectivity index (χ0n) is 10.5.